The van der Waals surface area contributed by atoms with E-state index in [-0.39, 0.29) is 22.0 Å². The van der Waals surface area contributed by atoms with Crippen LogP contribution in [-0.2, 0) is 30.0 Å². The lowest BCUT2D eigenvalue weighted by Gasteiger charge is -2.18. The zero-order chi connectivity index (χ0) is 25.2. The number of nitrogens with zero attached hydrogens (tertiary/aromatic N) is 2. The Morgan fingerprint density at radius 2 is 1.71 bits per heavy atom. The van der Waals surface area contributed by atoms with Crippen LogP contribution >= 0.6 is 23.2 Å². The lowest BCUT2D eigenvalue weighted by molar-refractivity contribution is -0.142. The summed E-state index contributed by atoms with van der Waals surface area (Å²) in [4.78, 5) is 49.8. The van der Waals surface area contributed by atoms with E-state index in [4.69, 9.17) is 27.9 Å². The predicted molar refractivity (Wildman–Crippen MR) is 131 cm³/mol. The van der Waals surface area contributed by atoms with Gasteiger partial charge in [0.25, 0.3) is 11.5 Å². The van der Waals surface area contributed by atoms with Crippen molar-refractivity contribution in [2.75, 3.05) is 7.11 Å². The highest BCUT2D eigenvalue weighted by Crippen LogP contribution is 2.25. The Bertz CT molecular complexity index is 1370. The number of carbonyl (C=O) groups is 2. The number of hydrogen-bond donors (Lipinski definition) is 1. The number of halogens is 2. The molecule has 3 rings (SSSR count). The number of aromatic nitrogens is 2. The van der Waals surface area contributed by atoms with Gasteiger partial charge in [0.05, 0.1) is 28.3 Å². The first-order valence-electron chi connectivity index (χ1n) is 10.2. The molecule has 0 saturated carbocycles. The van der Waals surface area contributed by atoms with Gasteiger partial charge < -0.3 is 14.6 Å². The molecule has 1 atom stereocenters. The maximum absolute atomic E-state index is 12.8. The number of methoxy groups -OCH3 is 1. The fraction of sp³-hybridized carbons (Fsp3) is 0.250. The predicted octanol–water partition coefficient (Wildman–Crippen LogP) is 2.88. The van der Waals surface area contributed by atoms with Crippen molar-refractivity contribution < 1.29 is 14.3 Å². The largest absolute Gasteiger partial charge is 0.467 e. The second-order valence-electron chi connectivity index (χ2n) is 7.80. The number of carbonyl (C=O) groups excluding carboxylic acids is 2. The standard InChI is InChI=1S/C24H23Cl2N3O5/c1-13-10-14(8-9-15(13)16-12-28(2)24(33)29(3)22(16)31)11-19(23(32)34-4)27-21(30)20-17(25)6-5-7-18(20)26/h5-10,12,19H,11H2,1-4H3,(H,27,30)/t19-/m0/s1. The summed E-state index contributed by atoms with van der Waals surface area (Å²) in [5.41, 5.74) is 1.76. The van der Waals surface area contributed by atoms with Gasteiger partial charge in [0.1, 0.15) is 6.04 Å². The number of benzene rings is 2. The molecule has 1 heterocycles. The topological polar surface area (TPSA) is 99.4 Å². The van der Waals surface area contributed by atoms with Crippen molar-refractivity contribution in [3.8, 4) is 11.1 Å². The fourth-order valence-electron chi connectivity index (χ4n) is 3.66. The maximum Gasteiger partial charge on any atom is 0.330 e. The van der Waals surface area contributed by atoms with Crippen LogP contribution in [0.4, 0.5) is 0 Å². The number of nitrogens with one attached hydrogen (secondary N) is 1. The molecule has 3 aromatic rings. The monoisotopic (exact) mass is 503 g/mol. The van der Waals surface area contributed by atoms with E-state index in [1.807, 2.05) is 13.0 Å². The van der Waals surface area contributed by atoms with Crippen molar-refractivity contribution in [1.82, 2.24) is 14.5 Å². The van der Waals surface area contributed by atoms with Gasteiger partial charge in [-0.1, -0.05) is 47.5 Å². The van der Waals surface area contributed by atoms with Gasteiger partial charge in [-0.25, -0.2) is 9.59 Å². The summed E-state index contributed by atoms with van der Waals surface area (Å²) in [5, 5.41) is 2.96. The molecule has 1 amide bonds. The number of amides is 1. The van der Waals surface area contributed by atoms with E-state index in [0.29, 0.717) is 11.1 Å². The van der Waals surface area contributed by atoms with E-state index in [0.717, 1.165) is 15.7 Å². The molecule has 0 fully saturated rings. The highest BCUT2D eigenvalue weighted by atomic mass is 35.5. The molecule has 8 nitrogen and oxygen atoms in total. The zero-order valence-electron chi connectivity index (χ0n) is 19.0. The van der Waals surface area contributed by atoms with Crippen molar-refractivity contribution in [1.29, 1.82) is 0 Å². The Labute approximate surface area is 205 Å². The summed E-state index contributed by atoms with van der Waals surface area (Å²) >= 11 is 12.2. The summed E-state index contributed by atoms with van der Waals surface area (Å²) < 4.78 is 7.25. The molecule has 1 aromatic heterocycles. The molecule has 178 valence electrons. The molecule has 0 bridgehead atoms. The van der Waals surface area contributed by atoms with E-state index in [9.17, 15) is 19.2 Å². The van der Waals surface area contributed by atoms with Gasteiger partial charge >= 0.3 is 11.7 Å². The van der Waals surface area contributed by atoms with Gasteiger partial charge in [-0.3, -0.25) is 14.2 Å². The van der Waals surface area contributed by atoms with Crippen LogP contribution in [0.1, 0.15) is 21.5 Å². The van der Waals surface area contributed by atoms with Gasteiger partial charge in [0, 0.05) is 26.7 Å². The second kappa shape index (κ2) is 10.3. The van der Waals surface area contributed by atoms with Gasteiger partial charge in [0.2, 0.25) is 0 Å². The smallest absolute Gasteiger partial charge is 0.330 e. The number of aryl methyl sites for hydroxylation is 2. The first-order valence-corrected chi connectivity index (χ1v) is 11.0. The molecular formula is C24H23Cl2N3O5. The Kier molecular flexibility index (Phi) is 7.64. The van der Waals surface area contributed by atoms with Crippen LogP contribution in [0.25, 0.3) is 11.1 Å². The molecule has 34 heavy (non-hydrogen) atoms. The van der Waals surface area contributed by atoms with E-state index in [2.05, 4.69) is 5.32 Å². The van der Waals surface area contributed by atoms with Crippen LogP contribution in [0, 0.1) is 6.92 Å². The molecule has 0 saturated heterocycles. The molecule has 0 spiro atoms. The highest BCUT2D eigenvalue weighted by Gasteiger charge is 2.25. The summed E-state index contributed by atoms with van der Waals surface area (Å²) in [5.74, 6) is -1.24. The van der Waals surface area contributed by atoms with Crippen LogP contribution < -0.4 is 16.6 Å². The molecule has 0 aliphatic rings. The second-order valence-corrected chi connectivity index (χ2v) is 8.61. The first kappa shape index (κ1) is 25.3. The van der Waals surface area contributed by atoms with E-state index in [1.54, 1.807) is 25.2 Å². The normalized spacial score (nSPS) is 11.7. The SMILES string of the molecule is COC(=O)[C@H](Cc1ccc(-c2cn(C)c(=O)n(C)c2=O)c(C)c1)NC(=O)c1c(Cl)cccc1Cl. The quantitative estimate of drug-likeness (QED) is 0.521. The minimum absolute atomic E-state index is 0.0665. The average molecular weight is 504 g/mol. The van der Waals surface area contributed by atoms with Gasteiger partial charge in [0.15, 0.2) is 0 Å². The van der Waals surface area contributed by atoms with Crippen LogP contribution in [0.5, 0.6) is 0 Å². The minimum Gasteiger partial charge on any atom is -0.467 e. The van der Waals surface area contributed by atoms with E-state index >= 15 is 0 Å². The first-order chi connectivity index (χ1) is 16.0. The van der Waals surface area contributed by atoms with Crippen LogP contribution in [-0.4, -0.2) is 34.2 Å². The highest BCUT2D eigenvalue weighted by molar-refractivity contribution is 6.39. The molecule has 0 aliphatic heterocycles. The molecule has 0 unspecified atom stereocenters. The third kappa shape index (κ3) is 5.08. The summed E-state index contributed by atoms with van der Waals surface area (Å²) in [6.45, 7) is 1.82. The molecule has 0 aliphatic carbocycles. The van der Waals surface area contributed by atoms with Crippen LogP contribution in [0.2, 0.25) is 10.0 Å². The van der Waals surface area contributed by atoms with Gasteiger partial charge in [-0.15, -0.1) is 0 Å². The molecule has 2 aromatic carbocycles. The summed E-state index contributed by atoms with van der Waals surface area (Å²) in [6.07, 6.45) is 1.63. The van der Waals surface area contributed by atoms with E-state index in [1.165, 1.54) is 37.1 Å². The minimum atomic E-state index is -1.000. The lowest BCUT2D eigenvalue weighted by atomic mass is 9.97. The van der Waals surface area contributed by atoms with Crippen molar-refractivity contribution in [3.05, 3.63) is 90.2 Å². The number of ether oxygens (including phenoxy) is 1. The lowest BCUT2D eigenvalue weighted by Crippen LogP contribution is -2.43. The Hall–Kier alpha value is -3.36. The number of hydrogen-bond acceptors (Lipinski definition) is 5. The third-order valence-corrected chi connectivity index (χ3v) is 6.08. The van der Waals surface area contributed by atoms with Crippen molar-refractivity contribution >= 4 is 35.1 Å². The summed E-state index contributed by atoms with van der Waals surface area (Å²) in [6, 6.07) is 8.97. The Balaban J connectivity index is 1.91. The average Bonchev–Trinajstić information content (AvgIpc) is 2.79. The number of esters is 1. The Morgan fingerprint density at radius 3 is 2.29 bits per heavy atom. The van der Waals surface area contributed by atoms with E-state index < -0.39 is 29.2 Å². The van der Waals surface area contributed by atoms with Crippen molar-refractivity contribution in [2.24, 2.45) is 14.1 Å². The molecule has 0 radical (unpaired) electrons. The van der Waals surface area contributed by atoms with Crippen LogP contribution in [0.3, 0.4) is 0 Å². The molecular weight excluding hydrogens is 481 g/mol. The third-order valence-electron chi connectivity index (χ3n) is 5.45. The maximum atomic E-state index is 12.8. The molecule has 10 heteroatoms. The summed E-state index contributed by atoms with van der Waals surface area (Å²) in [7, 11) is 4.23. The molecule has 1 N–H and O–H groups in total. The van der Waals surface area contributed by atoms with Crippen molar-refractivity contribution in [2.45, 2.75) is 19.4 Å². The Morgan fingerprint density at radius 1 is 1.06 bits per heavy atom. The van der Waals surface area contributed by atoms with Gasteiger partial charge in [-0.05, 0) is 35.7 Å². The zero-order valence-corrected chi connectivity index (χ0v) is 20.5. The number of rotatable bonds is 6. The van der Waals surface area contributed by atoms with Gasteiger partial charge in [-0.2, -0.15) is 0 Å². The fourth-order valence-corrected chi connectivity index (χ4v) is 4.23. The van der Waals surface area contributed by atoms with Crippen molar-refractivity contribution in [3.63, 3.8) is 0 Å². The van der Waals surface area contributed by atoms with Crippen LogP contribution in [0.15, 0.2) is 52.2 Å².